The number of benzene rings is 1. The fraction of sp³-hybridized carbons (Fsp3) is 0.500. The molecule has 0 aliphatic carbocycles. The number of amides is 1. The first kappa shape index (κ1) is 16.1. The van der Waals surface area contributed by atoms with E-state index in [9.17, 15) is 9.59 Å². The normalized spacial score (nSPS) is 14.4. The van der Waals surface area contributed by atoms with Gasteiger partial charge in [-0.05, 0) is 37.5 Å². The molecular formula is C16H21NO5. The number of nitrogens with zero attached hydrogens (tertiary/aromatic N) is 1. The smallest absolute Gasteiger partial charge is 0.338 e. The van der Waals surface area contributed by atoms with E-state index in [4.69, 9.17) is 14.2 Å². The molecule has 0 N–H and O–H groups in total. The van der Waals surface area contributed by atoms with Gasteiger partial charge in [-0.15, -0.1) is 0 Å². The molecule has 120 valence electrons. The van der Waals surface area contributed by atoms with Crippen molar-refractivity contribution in [3.8, 4) is 11.5 Å². The van der Waals surface area contributed by atoms with Crippen LogP contribution in [0.3, 0.4) is 0 Å². The lowest BCUT2D eigenvalue weighted by Gasteiger charge is -2.26. The highest BCUT2D eigenvalue weighted by molar-refractivity contribution is 5.92. The molecule has 1 saturated heterocycles. The van der Waals surface area contributed by atoms with Crippen molar-refractivity contribution in [1.29, 1.82) is 0 Å². The zero-order chi connectivity index (χ0) is 15.9. The van der Waals surface area contributed by atoms with Gasteiger partial charge in [0.2, 0.25) is 0 Å². The third kappa shape index (κ3) is 3.90. The number of ether oxygens (including phenoxy) is 3. The number of hydrogen-bond acceptors (Lipinski definition) is 5. The standard InChI is InChI=1S/C16H21NO5/c1-20-13-7-6-12(10-14(13)21-2)16(19)22-11-15(18)17-8-4-3-5-9-17/h6-7,10H,3-5,8-9,11H2,1-2H3. The summed E-state index contributed by atoms with van der Waals surface area (Å²) in [7, 11) is 3.01. The van der Waals surface area contributed by atoms with Crippen molar-refractivity contribution >= 4 is 11.9 Å². The molecule has 6 heteroatoms. The summed E-state index contributed by atoms with van der Waals surface area (Å²) in [6, 6.07) is 4.74. The fourth-order valence-electron chi connectivity index (χ4n) is 2.41. The molecule has 2 rings (SSSR count). The van der Waals surface area contributed by atoms with Crippen molar-refractivity contribution in [1.82, 2.24) is 4.90 Å². The van der Waals surface area contributed by atoms with Crippen LogP contribution in [0, 0.1) is 0 Å². The van der Waals surface area contributed by atoms with Crippen molar-refractivity contribution in [2.45, 2.75) is 19.3 Å². The average Bonchev–Trinajstić information content (AvgIpc) is 2.59. The highest BCUT2D eigenvalue weighted by Crippen LogP contribution is 2.27. The van der Waals surface area contributed by atoms with E-state index in [-0.39, 0.29) is 12.5 Å². The Balaban J connectivity index is 1.93. The lowest BCUT2D eigenvalue weighted by molar-refractivity contribution is -0.135. The van der Waals surface area contributed by atoms with Crippen LogP contribution in [-0.2, 0) is 9.53 Å². The Bertz CT molecular complexity index is 537. The van der Waals surface area contributed by atoms with Crippen LogP contribution in [0.1, 0.15) is 29.6 Å². The lowest BCUT2D eigenvalue weighted by Crippen LogP contribution is -2.38. The van der Waals surface area contributed by atoms with Crippen molar-refractivity contribution in [3.63, 3.8) is 0 Å². The fourth-order valence-corrected chi connectivity index (χ4v) is 2.41. The Labute approximate surface area is 129 Å². The predicted molar refractivity (Wildman–Crippen MR) is 80.3 cm³/mol. The molecule has 22 heavy (non-hydrogen) atoms. The summed E-state index contributed by atoms with van der Waals surface area (Å²) in [6.45, 7) is 1.26. The molecule has 1 fully saturated rings. The second-order valence-corrected chi connectivity index (χ2v) is 5.09. The molecule has 0 bridgehead atoms. The Morgan fingerprint density at radius 3 is 2.36 bits per heavy atom. The minimum atomic E-state index is -0.550. The van der Waals surface area contributed by atoms with Crippen molar-refractivity contribution < 1.29 is 23.8 Å². The number of piperidine rings is 1. The van der Waals surface area contributed by atoms with Crippen LogP contribution in [0.25, 0.3) is 0 Å². The van der Waals surface area contributed by atoms with E-state index in [1.807, 2.05) is 0 Å². The quantitative estimate of drug-likeness (QED) is 0.777. The second kappa shape index (κ2) is 7.68. The van der Waals surface area contributed by atoms with Crippen LogP contribution in [0.15, 0.2) is 18.2 Å². The van der Waals surface area contributed by atoms with Crippen molar-refractivity contribution in [3.05, 3.63) is 23.8 Å². The molecule has 0 radical (unpaired) electrons. The van der Waals surface area contributed by atoms with Crippen LogP contribution < -0.4 is 9.47 Å². The summed E-state index contributed by atoms with van der Waals surface area (Å²) in [6.07, 6.45) is 3.17. The van der Waals surface area contributed by atoms with E-state index in [2.05, 4.69) is 0 Å². The molecular weight excluding hydrogens is 286 g/mol. The molecule has 1 aliphatic rings. The zero-order valence-corrected chi connectivity index (χ0v) is 13.0. The predicted octanol–water partition coefficient (Wildman–Crippen LogP) is 1.87. The molecule has 6 nitrogen and oxygen atoms in total. The molecule has 0 atom stereocenters. The summed E-state index contributed by atoms with van der Waals surface area (Å²) in [4.78, 5) is 25.7. The van der Waals surface area contributed by atoms with E-state index in [0.29, 0.717) is 17.1 Å². The number of esters is 1. The number of methoxy groups -OCH3 is 2. The third-order valence-electron chi connectivity index (χ3n) is 3.65. The number of hydrogen-bond donors (Lipinski definition) is 0. The molecule has 0 saturated carbocycles. The molecule has 0 aromatic heterocycles. The summed E-state index contributed by atoms with van der Waals surface area (Å²) >= 11 is 0. The van der Waals surface area contributed by atoms with Crippen LogP contribution in [0.2, 0.25) is 0 Å². The largest absolute Gasteiger partial charge is 0.493 e. The van der Waals surface area contributed by atoms with Gasteiger partial charge in [-0.2, -0.15) is 0 Å². The first-order valence-electron chi connectivity index (χ1n) is 7.32. The SMILES string of the molecule is COc1ccc(C(=O)OCC(=O)N2CCCCC2)cc1OC. The van der Waals surface area contributed by atoms with Gasteiger partial charge >= 0.3 is 5.97 Å². The van der Waals surface area contributed by atoms with Gasteiger partial charge in [0, 0.05) is 13.1 Å². The molecule has 0 spiro atoms. The van der Waals surface area contributed by atoms with Gasteiger partial charge in [0.25, 0.3) is 5.91 Å². The van der Waals surface area contributed by atoms with E-state index in [1.165, 1.54) is 20.3 Å². The van der Waals surface area contributed by atoms with E-state index in [0.717, 1.165) is 32.4 Å². The number of rotatable bonds is 5. The van der Waals surface area contributed by atoms with Crippen molar-refractivity contribution in [2.24, 2.45) is 0 Å². The monoisotopic (exact) mass is 307 g/mol. The first-order valence-corrected chi connectivity index (χ1v) is 7.32. The van der Waals surface area contributed by atoms with E-state index in [1.54, 1.807) is 17.0 Å². The third-order valence-corrected chi connectivity index (χ3v) is 3.65. The first-order chi connectivity index (χ1) is 10.7. The molecule has 0 unspecified atom stereocenters. The Hall–Kier alpha value is -2.24. The number of carbonyl (C=O) groups is 2. The van der Waals surface area contributed by atoms with Crippen LogP contribution in [0.5, 0.6) is 11.5 Å². The molecule has 1 aromatic carbocycles. The Morgan fingerprint density at radius 1 is 1.05 bits per heavy atom. The summed E-state index contributed by atoms with van der Waals surface area (Å²) < 4.78 is 15.3. The van der Waals surface area contributed by atoms with Gasteiger partial charge in [0.05, 0.1) is 19.8 Å². The van der Waals surface area contributed by atoms with Gasteiger partial charge in [-0.25, -0.2) is 4.79 Å². The van der Waals surface area contributed by atoms with Gasteiger partial charge in [0.1, 0.15) is 0 Å². The van der Waals surface area contributed by atoms with Gasteiger partial charge in [-0.3, -0.25) is 4.79 Å². The lowest BCUT2D eigenvalue weighted by atomic mass is 10.1. The minimum absolute atomic E-state index is 0.145. The highest BCUT2D eigenvalue weighted by Gasteiger charge is 2.19. The maximum absolute atomic E-state index is 12.0. The van der Waals surface area contributed by atoms with Gasteiger partial charge < -0.3 is 19.1 Å². The Kier molecular flexibility index (Phi) is 5.63. The maximum atomic E-state index is 12.0. The summed E-state index contributed by atoms with van der Waals surface area (Å²) in [5, 5.41) is 0. The number of carbonyl (C=O) groups excluding carboxylic acids is 2. The molecule has 1 aromatic rings. The summed E-state index contributed by atoms with van der Waals surface area (Å²) in [5.41, 5.74) is 0.323. The minimum Gasteiger partial charge on any atom is -0.493 e. The van der Waals surface area contributed by atoms with Crippen LogP contribution in [0.4, 0.5) is 0 Å². The molecule has 1 amide bonds. The van der Waals surface area contributed by atoms with Crippen molar-refractivity contribution in [2.75, 3.05) is 33.9 Å². The number of likely N-dealkylation sites (tertiary alicyclic amines) is 1. The highest BCUT2D eigenvalue weighted by atomic mass is 16.5. The average molecular weight is 307 g/mol. The Morgan fingerprint density at radius 2 is 1.73 bits per heavy atom. The van der Waals surface area contributed by atoms with Crippen LogP contribution in [-0.4, -0.2) is 50.7 Å². The van der Waals surface area contributed by atoms with Gasteiger partial charge in [-0.1, -0.05) is 0 Å². The molecule has 1 aliphatic heterocycles. The summed E-state index contributed by atoms with van der Waals surface area (Å²) in [5.74, 6) is 0.280. The maximum Gasteiger partial charge on any atom is 0.338 e. The van der Waals surface area contributed by atoms with E-state index < -0.39 is 5.97 Å². The van der Waals surface area contributed by atoms with Gasteiger partial charge in [0.15, 0.2) is 18.1 Å². The van der Waals surface area contributed by atoms with Crippen LogP contribution >= 0.6 is 0 Å². The topological polar surface area (TPSA) is 65.1 Å². The zero-order valence-electron chi connectivity index (χ0n) is 13.0. The molecule has 1 heterocycles. The second-order valence-electron chi connectivity index (χ2n) is 5.09. The van der Waals surface area contributed by atoms with E-state index >= 15 is 0 Å².